The molecule has 1 atom stereocenters. The zero-order valence-corrected chi connectivity index (χ0v) is 15.7. The first-order valence-electron chi connectivity index (χ1n) is 9.40. The molecule has 26 heavy (non-hydrogen) atoms. The second-order valence-corrected chi connectivity index (χ2v) is 8.59. The van der Waals surface area contributed by atoms with E-state index in [1.165, 1.54) is 48.0 Å². The first kappa shape index (κ1) is 16.1. The van der Waals surface area contributed by atoms with Crippen molar-refractivity contribution in [2.45, 2.75) is 50.6 Å². The molecule has 6 heteroatoms. The Morgan fingerprint density at radius 3 is 2.88 bits per heavy atom. The Labute approximate surface area is 156 Å². The Morgan fingerprint density at radius 2 is 2.12 bits per heavy atom. The lowest BCUT2D eigenvalue weighted by atomic mass is 9.79. The normalized spacial score (nSPS) is 26.3. The van der Waals surface area contributed by atoms with E-state index in [9.17, 15) is 4.79 Å². The lowest BCUT2D eigenvalue weighted by Gasteiger charge is -2.42. The Bertz CT molecular complexity index is 1000. The van der Waals surface area contributed by atoms with Gasteiger partial charge in [0, 0.05) is 30.3 Å². The van der Waals surface area contributed by atoms with Gasteiger partial charge in [-0.05, 0) is 63.4 Å². The Balaban J connectivity index is 1.38. The minimum Gasteiger partial charge on any atom is -0.298 e. The third-order valence-corrected chi connectivity index (χ3v) is 7.07. The van der Waals surface area contributed by atoms with Crippen molar-refractivity contribution in [3.63, 3.8) is 0 Å². The van der Waals surface area contributed by atoms with Gasteiger partial charge >= 0.3 is 0 Å². The third kappa shape index (κ3) is 2.68. The van der Waals surface area contributed by atoms with E-state index in [4.69, 9.17) is 4.98 Å². The summed E-state index contributed by atoms with van der Waals surface area (Å²) in [6.45, 7) is 3.62. The molecule has 3 aromatic rings. The zero-order chi connectivity index (χ0) is 17.7. The summed E-state index contributed by atoms with van der Waals surface area (Å²) in [5.41, 5.74) is 1.71. The maximum atomic E-state index is 12.0. The van der Waals surface area contributed by atoms with E-state index >= 15 is 0 Å². The van der Waals surface area contributed by atoms with Gasteiger partial charge in [0.15, 0.2) is 0 Å². The summed E-state index contributed by atoms with van der Waals surface area (Å²) < 4.78 is 2.57. The van der Waals surface area contributed by atoms with Crippen LogP contribution in [0, 0.1) is 0 Å². The van der Waals surface area contributed by atoms with Crippen molar-refractivity contribution in [1.29, 1.82) is 0 Å². The first-order chi connectivity index (χ1) is 12.7. The Kier molecular flexibility index (Phi) is 3.90. The van der Waals surface area contributed by atoms with Crippen molar-refractivity contribution in [1.82, 2.24) is 19.7 Å². The highest BCUT2D eigenvalue weighted by Gasteiger charge is 2.39. The molecule has 5 rings (SSSR count). The summed E-state index contributed by atoms with van der Waals surface area (Å²) in [5, 5.41) is 5.41. The largest absolute Gasteiger partial charge is 0.298 e. The fourth-order valence-corrected chi connectivity index (χ4v) is 5.47. The van der Waals surface area contributed by atoms with Crippen LogP contribution in [0.3, 0.4) is 0 Å². The second-order valence-electron chi connectivity index (χ2n) is 7.53. The average Bonchev–Trinajstić information content (AvgIpc) is 3.20. The van der Waals surface area contributed by atoms with Gasteiger partial charge in [-0.3, -0.25) is 9.69 Å². The fourth-order valence-electron chi connectivity index (χ4n) is 4.35. The zero-order valence-electron chi connectivity index (χ0n) is 14.8. The van der Waals surface area contributed by atoms with Gasteiger partial charge in [-0.2, -0.15) is 9.78 Å². The summed E-state index contributed by atoms with van der Waals surface area (Å²) >= 11 is 1.77. The van der Waals surface area contributed by atoms with Crippen LogP contribution in [-0.4, -0.2) is 38.3 Å². The number of thiazole rings is 1. The fraction of sp³-hybridized carbons (Fsp3) is 0.450. The number of hydrogen-bond acceptors (Lipinski definition) is 5. The number of hydrogen-bond donors (Lipinski definition) is 0. The maximum absolute atomic E-state index is 12.0. The molecule has 0 N–H and O–H groups in total. The average molecular weight is 366 g/mol. The maximum Gasteiger partial charge on any atom is 0.271 e. The monoisotopic (exact) mass is 366 g/mol. The van der Waals surface area contributed by atoms with Gasteiger partial charge in [0.05, 0.1) is 20.9 Å². The summed E-state index contributed by atoms with van der Waals surface area (Å²) in [6.07, 6.45) is 6.79. The molecule has 1 aliphatic heterocycles. The lowest BCUT2D eigenvalue weighted by molar-refractivity contribution is 0.103. The van der Waals surface area contributed by atoms with Crippen molar-refractivity contribution in [3.8, 4) is 5.69 Å². The molecule has 0 bridgehead atoms. The van der Waals surface area contributed by atoms with E-state index in [0.717, 1.165) is 28.0 Å². The van der Waals surface area contributed by atoms with Crippen LogP contribution in [-0.2, 0) is 0 Å². The highest BCUT2D eigenvalue weighted by atomic mass is 32.1. The molecule has 2 fully saturated rings. The first-order valence-corrected chi connectivity index (χ1v) is 10.2. The van der Waals surface area contributed by atoms with Gasteiger partial charge < -0.3 is 0 Å². The van der Waals surface area contributed by atoms with Gasteiger partial charge in [-0.1, -0.05) is 0 Å². The van der Waals surface area contributed by atoms with Crippen molar-refractivity contribution in [3.05, 3.63) is 51.9 Å². The molecular formula is C20H22N4OS. The molecule has 3 heterocycles. The summed E-state index contributed by atoms with van der Waals surface area (Å²) in [5.74, 6) is 0.589. The van der Waals surface area contributed by atoms with Crippen molar-refractivity contribution < 1.29 is 0 Å². The molecule has 0 radical (unpaired) electrons. The molecular weight excluding hydrogens is 344 g/mol. The predicted octanol–water partition coefficient (Wildman–Crippen LogP) is 3.57. The molecule has 0 spiro atoms. The van der Waals surface area contributed by atoms with Gasteiger partial charge in [0.1, 0.15) is 0 Å². The van der Waals surface area contributed by atoms with Gasteiger partial charge in [-0.25, -0.2) is 4.98 Å². The number of benzene rings is 1. The molecule has 2 aromatic heterocycles. The van der Waals surface area contributed by atoms with Crippen LogP contribution in [0.15, 0.2) is 41.3 Å². The Morgan fingerprint density at radius 1 is 1.23 bits per heavy atom. The molecule has 0 unspecified atom stereocenters. The Hall–Kier alpha value is -2.05. The van der Waals surface area contributed by atoms with Crippen LogP contribution in [0.25, 0.3) is 15.9 Å². The molecule has 2 aliphatic rings. The molecule has 1 aromatic carbocycles. The standard InChI is InChI=1S/C20H22N4OS/c1-13-4-3-9-23(13)16-10-14(11-16)20-22-17-7-6-15(12-18(17)26-20)24-19(25)5-2-8-21-24/h2,5-8,12-14,16H,3-4,9-11H2,1H3/t13-,14?,16?/m1/s1. The summed E-state index contributed by atoms with van der Waals surface area (Å²) in [4.78, 5) is 19.6. The molecule has 1 aliphatic carbocycles. The number of likely N-dealkylation sites (tertiary alicyclic amines) is 1. The van der Waals surface area contributed by atoms with E-state index in [0.29, 0.717) is 5.92 Å². The third-order valence-electron chi connectivity index (χ3n) is 5.88. The van der Waals surface area contributed by atoms with E-state index in [-0.39, 0.29) is 5.56 Å². The molecule has 134 valence electrons. The number of rotatable bonds is 3. The van der Waals surface area contributed by atoms with Gasteiger partial charge in [-0.15, -0.1) is 11.3 Å². The number of aromatic nitrogens is 3. The van der Waals surface area contributed by atoms with E-state index < -0.39 is 0 Å². The van der Waals surface area contributed by atoms with Crippen LogP contribution in [0.2, 0.25) is 0 Å². The SMILES string of the molecule is C[C@@H]1CCCN1C1CC(c2nc3ccc(-n4ncccc4=O)cc3s2)C1. The van der Waals surface area contributed by atoms with E-state index in [2.05, 4.69) is 16.9 Å². The molecule has 1 saturated heterocycles. The highest BCUT2D eigenvalue weighted by molar-refractivity contribution is 7.18. The topological polar surface area (TPSA) is 51.0 Å². The van der Waals surface area contributed by atoms with E-state index in [1.54, 1.807) is 23.6 Å². The highest BCUT2D eigenvalue weighted by Crippen LogP contribution is 2.44. The van der Waals surface area contributed by atoms with Gasteiger partial charge in [0.2, 0.25) is 0 Å². The summed E-state index contributed by atoms with van der Waals surface area (Å²) in [7, 11) is 0. The number of fused-ring (bicyclic) bond motifs is 1. The van der Waals surface area contributed by atoms with E-state index in [1.807, 2.05) is 18.2 Å². The smallest absolute Gasteiger partial charge is 0.271 e. The second kappa shape index (κ2) is 6.28. The van der Waals surface area contributed by atoms with Crippen LogP contribution in [0.4, 0.5) is 0 Å². The minimum absolute atomic E-state index is 0.113. The van der Waals surface area contributed by atoms with Crippen molar-refractivity contribution >= 4 is 21.6 Å². The van der Waals surface area contributed by atoms with Crippen molar-refractivity contribution in [2.75, 3.05) is 6.54 Å². The summed E-state index contributed by atoms with van der Waals surface area (Å²) in [6, 6.07) is 10.6. The van der Waals surface area contributed by atoms with Gasteiger partial charge in [0.25, 0.3) is 5.56 Å². The minimum atomic E-state index is -0.113. The molecule has 1 saturated carbocycles. The molecule has 5 nitrogen and oxygen atoms in total. The van der Waals surface area contributed by atoms with Crippen LogP contribution < -0.4 is 5.56 Å². The number of nitrogens with zero attached hydrogens (tertiary/aromatic N) is 4. The van der Waals surface area contributed by atoms with Crippen LogP contribution >= 0.6 is 11.3 Å². The lowest BCUT2D eigenvalue weighted by Crippen LogP contribution is -2.45. The predicted molar refractivity (Wildman–Crippen MR) is 104 cm³/mol. The van der Waals surface area contributed by atoms with Crippen LogP contribution in [0.1, 0.15) is 43.5 Å². The quantitative estimate of drug-likeness (QED) is 0.711. The molecule has 0 amide bonds. The van der Waals surface area contributed by atoms with Crippen LogP contribution in [0.5, 0.6) is 0 Å². The van der Waals surface area contributed by atoms with Crippen molar-refractivity contribution in [2.24, 2.45) is 0 Å².